The predicted octanol–water partition coefficient (Wildman–Crippen LogP) is 4.99. The van der Waals surface area contributed by atoms with Crippen molar-refractivity contribution in [3.8, 4) is 17.1 Å². The molecule has 2 amide bonds. The lowest BCUT2D eigenvalue weighted by atomic mass is 9.88. The number of amides is 2. The standard InChI is InChI=1S/C31H43F3N6O4/c1-7-21-19-39(29(42)44-28(30(3,4)5)31(32,33)34)16-17-40(21)24-12-11-23(22-10-9-14-35-27(22)43-8-2)37-25(24)26(41)36-20-13-15-38(6)18-20/h9-12,14,20-21,28H,7-8,13,15-19H2,1-6H3,(H,36,41)/t20-,21-,28?/m1/s1. The van der Waals surface area contributed by atoms with Gasteiger partial charge in [-0.3, -0.25) is 4.79 Å². The molecule has 0 bridgehead atoms. The number of hydrogen-bond donors (Lipinski definition) is 1. The molecule has 13 heteroatoms. The van der Waals surface area contributed by atoms with E-state index in [-0.39, 0.29) is 43.3 Å². The van der Waals surface area contributed by atoms with E-state index in [0.717, 1.165) is 19.5 Å². The highest BCUT2D eigenvalue weighted by Crippen LogP contribution is 2.37. The van der Waals surface area contributed by atoms with E-state index in [2.05, 4.69) is 15.2 Å². The number of rotatable bonds is 8. The molecule has 0 aliphatic carbocycles. The Morgan fingerprint density at radius 1 is 1.09 bits per heavy atom. The molecule has 0 radical (unpaired) electrons. The van der Waals surface area contributed by atoms with Crippen LogP contribution in [0.1, 0.15) is 57.9 Å². The zero-order valence-electron chi connectivity index (χ0n) is 26.3. The van der Waals surface area contributed by atoms with E-state index in [4.69, 9.17) is 14.5 Å². The summed E-state index contributed by atoms with van der Waals surface area (Å²) < 4.78 is 51.9. The summed E-state index contributed by atoms with van der Waals surface area (Å²) in [7, 11) is 2.00. The highest BCUT2D eigenvalue weighted by Gasteiger charge is 2.50. The minimum atomic E-state index is -4.69. The van der Waals surface area contributed by atoms with E-state index >= 15 is 0 Å². The van der Waals surface area contributed by atoms with E-state index < -0.39 is 23.8 Å². The number of alkyl halides is 3. The first-order chi connectivity index (χ1) is 20.7. The number of aromatic nitrogens is 2. The van der Waals surface area contributed by atoms with Crippen molar-refractivity contribution in [2.75, 3.05) is 51.3 Å². The van der Waals surface area contributed by atoms with Gasteiger partial charge in [-0.1, -0.05) is 27.7 Å². The molecule has 4 heterocycles. The Labute approximate surface area is 256 Å². The third kappa shape index (κ3) is 7.72. The Balaban J connectivity index is 1.63. The maximum absolute atomic E-state index is 13.8. The maximum atomic E-state index is 13.8. The number of anilines is 1. The summed E-state index contributed by atoms with van der Waals surface area (Å²) in [5.74, 6) is 0.0869. The van der Waals surface area contributed by atoms with E-state index in [1.165, 1.54) is 25.7 Å². The van der Waals surface area contributed by atoms with Gasteiger partial charge in [-0.05, 0) is 57.6 Å². The molecule has 1 N–H and O–H groups in total. The normalized spacial score (nSPS) is 20.4. The first kappa shape index (κ1) is 33.3. The van der Waals surface area contributed by atoms with Crippen LogP contribution in [0.5, 0.6) is 5.88 Å². The van der Waals surface area contributed by atoms with Crippen LogP contribution in [0.4, 0.5) is 23.7 Å². The number of nitrogens with one attached hydrogen (secondary N) is 1. The Bertz CT molecular complexity index is 1300. The number of likely N-dealkylation sites (tertiary alicyclic amines) is 1. The lowest BCUT2D eigenvalue weighted by molar-refractivity contribution is -0.232. The van der Waals surface area contributed by atoms with Gasteiger partial charge in [-0.15, -0.1) is 0 Å². The SMILES string of the molecule is CCOc1ncccc1-c1ccc(N2CCN(C(=O)OC(C(C)(C)C)C(F)(F)F)C[C@H]2CC)c(C(=O)N[C@@H]2CCN(C)C2)n1. The van der Waals surface area contributed by atoms with Crippen LogP contribution in [-0.4, -0.2) is 103 Å². The van der Waals surface area contributed by atoms with Gasteiger partial charge in [0.05, 0.1) is 23.6 Å². The van der Waals surface area contributed by atoms with Crippen LogP contribution in [0.2, 0.25) is 0 Å². The van der Waals surface area contributed by atoms with Gasteiger partial charge in [0.2, 0.25) is 12.0 Å². The molecule has 0 aromatic carbocycles. The molecule has 2 aliphatic rings. The van der Waals surface area contributed by atoms with Gasteiger partial charge in [0, 0.05) is 49.9 Å². The Morgan fingerprint density at radius 3 is 2.45 bits per heavy atom. The van der Waals surface area contributed by atoms with Crippen LogP contribution in [-0.2, 0) is 4.74 Å². The fourth-order valence-corrected chi connectivity index (χ4v) is 5.74. The van der Waals surface area contributed by atoms with Crippen LogP contribution in [0.15, 0.2) is 30.5 Å². The lowest BCUT2D eigenvalue weighted by Crippen LogP contribution is -2.56. The maximum Gasteiger partial charge on any atom is 0.426 e. The fourth-order valence-electron chi connectivity index (χ4n) is 5.74. The van der Waals surface area contributed by atoms with E-state index in [0.29, 0.717) is 35.9 Å². The van der Waals surface area contributed by atoms with Crippen molar-refractivity contribution in [3.63, 3.8) is 0 Å². The summed E-state index contributed by atoms with van der Waals surface area (Å²) in [6.45, 7) is 10.5. The van der Waals surface area contributed by atoms with E-state index in [1.807, 2.05) is 37.9 Å². The third-order valence-corrected chi connectivity index (χ3v) is 7.97. The summed E-state index contributed by atoms with van der Waals surface area (Å²) in [6.07, 6.45) is -4.92. The summed E-state index contributed by atoms with van der Waals surface area (Å²) in [4.78, 5) is 41.4. The summed E-state index contributed by atoms with van der Waals surface area (Å²) in [5.41, 5.74) is 0.660. The van der Waals surface area contributed by atoms with Crippen molar-refractivity contribution in [3.05, 3.63) is 36.2 Å². The second-order valence-corrected chi connectivity index (χ2v) is 12.4. The van der Waals surface area contributed by atoms with Gasteiger partial charge in [-0.2, -0.15) is 13.2 Å². The molecule has 2 aromatic rings. The van der Waals surface area contributed by atoms with E-state index in [1.54, 1.807) is 18.3 Å². The Morgan fingerprint density at radius 2 is 1.84 bits per heavy atom. The number of carbonyl (C=O) groups is 2. The Kier molecular flexibility index (Phi) is 10.3. The number of piperazine rings is 1. The molecule has 0 spiro atoms. The van der Waals surface area contributed by atoms with Gasteiger partial charge in [0.1, 0.15) is 0 Å². The summed E-state index contributed by atoms with van der Waals surface area (Å²) in [5, 5.41) is 3.13. The first-order valence-electron chi connectivity index (χ1n) is 15.1. The van der Waals surface area contributed by atoms with Crippen molar-refractivity contribution in [1.29, 1.82) is 0 Å². The molecular weight excluding hydrogens is 577 g/mol. The van der Waals surface area contributed by atoms with Crippen molar-refractivity contribution >= 4 is 17.7 Å². The molecule has 2 fully saturated rings. The number of ether oxygens (including phenoxy) is 2. The van der Waals surface area contributed by atoms with Gasteiger partial charge in [0.15, 0.2) is 5.69 Å². The largest absolute Gasteiger partial charge is 0.477 e. The average Bonchev–Trinajstić information content (AvgIpc) is 3.38. The van der Waals surface area contributed by atoms with Crippen LogP contribution in [0.25, 0.3) is 11.3 Å². The quantitative estimate of drug-likeness (QED) is 0.441. The van der Waals surface area contributed by atoms with Crippen LogP contribution >= 0.6 is 0 Å². The van der Waals surface area contributed by atoms with Crippen LogP contribution in [0.3, 0.4) is 0 Å². The number of pyridine rings is 2. The zero-order valence-corrected chi connectivity index (χ0v) is 26.3. The van der Waals surface area contributed by atoms with Crippen molar-refractivity contribution in [2.24, 2.45) is 5.41 Å². The molecule has 2 saturated heterocycles. The molecule has 10 nitrogen and oxygen atoms in total. The van der Waals surface area contributed by atoms with Crippen LogP contribution in [0, 0.1) is 5.41 Å². The van der Waals surface area contributed by atoms with Gasteiger partial charge < -0.3 is 29.5 Å². The second kappa shape index (κ2) is 13.6. The molecule has 4 rings (SSSR count). The molecular formula is C31H43F3N6O4. The summed E-state index contributed by atoms with van der Waals surface area (Å²) >= 11 is 0. The average molecular weight is 621 g/mol. The highest BCUT2D eigenvalue weighted by atomic mass is 19.4. The molecule has 242 valence electrons. The summed E-state index contributed by atoms with van der Waals surface area (Å²) in [6, 6.07) is 6.93. The molecule has 2 aromatic heterocycles. The lowest BCUT2D eigenvalue weighted by Gasteiger charge is -2.43. The zero-order chi connectivity index (χ0) is 32.2. The van der Waals surface area contributed by atoms with Gasteiger partial charge in [-0.25, -0.2) is 14.8 Å². The molecule has 0 saturated carbocycles. The minimum absolute atomic E-state index is 0.0267. The minimum Gasteiger partial charge on any atom is -0.477 e. The molecule has 3 atom stereocenters. The third-order valence-electron chi connectivity index (χ3n) is 7.97. The van der Waals surface area contributed by atoms with Crippen molar-refractivity contribution in [1.82, 2.24) is 25.1 Å². The Hall–Kier alpha value is -3.61. The van der Waals surface area contributed by atoms with Crippen molar-refractivity contribution < 1.29 is 32.2 Å². The monoisotopic (exact) mass is 620 g/mol. The van der Waals surface area contributed by atoms with Gasteiger partial charge >= 0.3 is 12.3 Å². The first-order valence-corrected chi connectivity index (χ1v) is 15.1. The number of hydrogen-bond acceptors (Lipinski definition) is 8. The van der Waals surface area contributed by atoms with Crippen LogP contribution < -0.4 is 15.0 Å². The van der Waals surface area contributed by atoms with E-state index in [9.17, 15) is 22.8 Å². The number of likely N-dealkylation sites (N-methyl/N-ethyl adjacent to an activating group) is 1. The fraction of sp³-hybridized carbons (Fsp3) is 0.613. The smallest absolute Gasteiger partial charge is 0.426 e. The topological polar surface area (TPSA) is 100 Å². The molecule has 2 aliphatic heterocycles. The highest BCUT2D eigenvalue weighted by molar-refractivity contribution is 5.99. The molecule has 1 unspecified atom stereocenters. The number of nitrogens with zero attached hydrogens (tertiary/aromatic N) is 5. The molecule has 44 heavy (non-hydrogen) atoms. The predicted molar refractivity (Wildman–Crippen MR) is 161 cm³/mol. The number of halogens is 3. The number of carbonyl (C=O) groups excluding carboxylic acids is 2. The van der Waals surface area contributed by atoms with Gasteiger partial charge in [0.25, 0.3) is 5.91 Å². The second-order valence-electron chi connectivity index (χ2n) is 12.4. The van der Waals surface area contributed by atoms with Crippen molar-refractivity contribution in [2.45, 2.75) is 71.8 Å².